The second-order valence-corrected chi connectivity index (χ2v) is 3.83. The predicted molar refractivity (Wildman–Crippen MR) is 66.6 cm³/mol. The number of aliphatic hydroxyl groups excluding tert-OH is 1. The van der Waals surface area contributed by atoms with Gasteiger partial charge in [-0.25, -0.2) is 4.79 Å². The number of nitrogens with two attached hydrogens (primary N) is 1. The van der Waals surface area contributed by atoms with E-state index in [4.69, 9.17) is 26.2 Å². The van der Waals surface area contributed by atoms with Crippen LogP contribution in [0.1, 0.15) is 24.9 Å². The van der Waals surface area contributed by atoms with Crippen LogP contribution in [-0.4, -0.2) is 38.5 Å². The van der Waals surface area contributed by atoms with Gasteiger partial charge in [0.05, 0.1) is 6.42 Å². The number of hydrogen-bond donors (Lipinski definition) is 5. The van der Waals surface area contributed by atoms with Gasteiger partial charge in [-0.2, -0.15) is 0 Å². The van der Waals surface area contributed by atoms with Gasteiger partial charge in [0.25, 0.3) is 0 Å². The van der Waals surface area contributed by atoms with E-state index in [1.807, 2.05) is 19.1 Å². The molecule has 0 heterocycles. The number of carbonyl (C=O) groups is 2. The van der Waals surface area contributed by atoms with E-state index in [1.165, 1.54) is 0 Å². The van der Waals surface area contributed by atoms with Crippen molar-refractivity contribution >= 4 is 11.9 Å². The predicted octanol–water partition coefficient (Wildman–Crippen LogP) is 0.318. The van der Waals surface area contributed by atoms with Gasteiger partial charge in [0, 0.05) is 6.04 Å². The lowest BCUT2D eigenvalue weighted by molar-refractivity contribution is -0.152. The van der Waals surface area contributed by atoms with Crippen molar-refractivity contribution in [3.8, 4) is 5.75 Å². The van der Waals surface area contributed by atoms with Crippen molar-refractivity contribution in [3.05, 3.63) is 29.8 Å². The van der Waals surface area contributed by atoms with Crippen LogP contribution >= 0.6 is 0 Å². The number of carboxylic acid groups (broad SMARTS) is 2. The van der Waals surface area contributed by atoms with Gasteiger partial charge in [0.2, 0.25) is 0 Å². The summed E-state index contributed by atoms with van der Waals surface area (Å²) in [7, 11) is 0. The van der Waals surface area contributed by atoms with Gasteiger partial charge >= 0.3 is 11.9 Å². The van der Waals surface area contributed by atoms with E-state index in [0.717, 1.165) is 5.56 Å². The molecule has 7 nitrogen and oxygen atoms in total. The molecule has 0 aromatic heterocycles. The smallest absolute Gasteiger partial charge is 0.333 e. The number of phenolic OH excluding ortho intramolecular Hbond substituents is 1. The molecule has 0 aliphatic carbocycles. The highest BCUT2D eigenvalue weighted by molar-refractivity contribution is 5.79. The SMILES string of the molecule is C[C@@H](N)c1ccc(O)cc1.O=C(O)CC(O)C(=O)O. The Morgan fingerprint density at radius 2 is 1.68 bits per heavy atom. The number of hydrogen-bond acceptors (Lipinski definition) is 5. The van der Waals surface area contributed by atoms with Crippen molar-refractivity contribution in [1.82, 2.24) is 0 Å². The molecule has 0 saturated heterocycles. The Hall–Kier alpha value is -2.12. The third-order valence-corrected chi connectivity index (χ3v) is 2.07. The molecular formula is C12H17NO6. The minimum absolute atomic E-state index is 0.0422. The Kier molecular flexibility index (Phi) is 7.16. The molecule has 19 heavy (non-hydrogen) atoms. The van der Waals surface area contributed by atoms with E-state index < -0.39 is 24.5 Å². The van der Waals surface area contributed by atoms with Crippen LogP contribution in [-0.2, 0) is 9.59 Å². The summed E-state index contributed by atoms with van der Waals surface area (Å²) >= 11 is 0. The first-order valence-corrected chi connectivity index (χ1v) is 5.41. The third kappa shape index (κ3) is 7.74. The highest BCUT2D eigenvalue weighted by Crippen LogP contribution is 2.13. The molecule has 0 radical (unpaired) electrons. The lowest BCUT2D eigenvalue weighted by Crippen LogP contribution is -2.22. The van der Waals surface area contributed by atoms with E-state index in [9.17, 15) is 9.59 Å². The zero-order valence-corrected chi connectivity index (χ0v) is 10.4. The van der Waals surface area contributed by atoms with Gasteiger partial charge in [0.15, 0.2) is 6.10 Å². The average Bonchev–Trinajstić information content (AvgIpc) is 2.29. The molecule has 0 saturated carbocycles. The Balaban J connectivity index is 0.000000344. The fourth-order valence-corrected chi connectivity index (χ4v) is 1.03. The molecule has 0 aliphatic rings. The normalized spacial score (nSPS) is 12.8. The highest BCUT2D eigenvalue weighted by atomic mass is 16.4. The van der Waals surface area contributed by atoms with E-state index in [1.54, 1.807) is 12.1 Å². The second kappa shape index (κ2) is 8.06. The summed E-state index contributed by atoms with van der Waals surface area (Å²) in [5.74, 6) is -2.56. The quantitative estimate of drug-likeness (QED) is 0.531. The molecule has 0 fully saturated rings. The van der Waals surface area contributed by atoms with Gasteiger partial charge in [-0.1, -0.05) is 12.1 Å². The maximum absolute atomic E-state index is 9.72. The summed E-state index contributed by atoms with van der Waals surface area (Å²) in [6.07, 6.45) is -2.54. The number of carboxylic acids is 2. The Morgan fingerprint density at radius 1 is 1.21 bits per heavy atom. The summed E-state index contributed by atoms with van der Waals surface area (Å²) in [5.41, 5.74) is 6.62. The summed E-state index contributed by atoms with van der Waals surface area (Å²) in [4.78, 5) is 19.4. The van der Waals surface area contributed by atoms with Crippen molar-refractivity contribution in [2.75, 3.05) is 0 Å². The number of aromatic hydroxyl groups is 1. The lowest BCUT2D eigenvalue weighted by Gasteiger charge is -2.03. The molecule has 0 spiro atoms. The number of aliphatic hydroxyl groups is 1. The van der Waals surface area contributed by atoms with Crippen LogP contribution in [0.3, 0.4) is 0 Å². The summed E-state index contributed by atoms with van der Waals surface area (Å²) in [5, 5.41) is 33.0. The van der Waals surface area contributed by atoms with E-state index in [-0.39, 0.29) is 11.8 Å². The molecule has 7 heteroatoms. The molecule has 0 bridgehead atoms. The van der Waals surface area contributed by atoms with Gasteiger partial charge < -0.3 is 26.2 Å². The zero-order chi connectivity index (χ0) is 15.0. The van der Waals surface area contributed by atoms with E-state index >= 15 is 0 Å². The van der Waals surface area contributed by atoms with Crippen molar-refractivity contribution in [3.63, 3.8) is 0 Å². The number of aliphatic carboxylic acids is 2. The van der Waals surface area contributed by atoms with Crippen LogP contribution in [0.25, 0.3) is 0 Å². The molecule has 6 N–H and O–H groups in total. The highest BCUT2D eigenvalue weighted by Gasteiger charge is 2.16. The summed E-state index contributed by atoms with van der Waals surface area (Å²) in [6, 6.07) is 6.96. The van der Waals surface area contributed by atoms with Crippen LogP contribution in [0.5, 0.6) is 5.75 Å². The fraction of sp³-hybridized carbons (Fsp3) is 0.333. The van der Waals surface area contributed by atoms with E-state index in [2.05, 4.69) is 0 Å². The molecule has 0 aliphatic heterocycles. The molecule has 1 aromatic carbocycles. The largest absolute Gasteiger partial charge is 0.508 e. The molecule has 1 rings (SSSR count). The Morgan fingerprint density at radius 3 is 1.95 bits per heavy atom. The van der Waals surface area contributed by atoms with Crippen molar-refractivity contribution < 1.29 is 30.0 Å². The maximum Gasteiger partial charge on any atom is 0.333 e. The molecule has 2 atom stereocenters. The van der Waals surface area contributed by atoms with Crippen molar-refractivity contribution in [1.29, 1.82) is 0 Å². The summed E-state index contributed by atoms with van der Waals surface area (Å²) < 4.78 is 0. The van der Waals surface area contributed by atoms with Crippen LogP contribution in [0.4, 0.5) is 0 Å². The number of phenols is 1. The van der Waals surface area contributed by atoms with E-state index in [0.29, 0.717) is 0 Å². The first-order valence-electron chi connectivity index (χ1n) is 5.41. The van der Waals surface area contributed by atoms with Gasteiger partial charge in [-0.15, -0.1) is 0 Å². The van der Waals surface area contributed by atoms with Gasteiger partial charge in [-0.05, 0) is 24.6 Å². The topological polar surface area (TPSA) is 141 Å². The van der Waals surface area contributed by atoms with Crippen LogP contribution in [0.15, 0.2) is 24.3 Å². The van der Waals surface area contributed by atoms with Crippen molar-refractivity contribution in [2.45, 2.75) is 25.5 Å². The minimum atomic E-state index is -1.79. The lowest BCUT2D eigenvalue weighted by atomic mass is 10.1. The standard InChI is InChI=1S/C8H11NO.C4H6O5/c1-6(9)7-2-4-8(10)5-3-7;5-2(4(8)9)1-3(6)7/h2-6,10H,9H2,1H3;2,5H,1H2,(H,6,7)(H,8,9)/t6-;/m1./s1. The maximum atomic E-state index is 9.72. The fourth-order valence-electron chi connectivity index (χ4n) is 1.03. The molecule has 0 amide bonds. The van der Waals surface area contributed by atoms with Gasteiger partial charge in [0.1, 0.15) is 5.75 Å². The second-order valence-electron chi connectivity index (χ2n) is 3.83. The molecule has 106 valence electrons. The molecular weight excluding hydrogens is 254 g/mol. The van der Waals surface area contributed by atoms with Gasteiger partial charge in [-0.3, -0.25) is 4.79 Å². The minimum Gasteiger partial charge on any atom is -0.508 e. The van der Waals surface area contributed by atoms with Crippen LogP contribution < -0.4 is 5.73 Å². The monoisotopic (exact) mass is 271 g/mol. The average molecular weight is 271 g/mol. The Bertz CT molecular complexity index is 415. The summed E-state index contributed by atoms with van der Waals surface area (Å²) in [6.45, 7) is 1.91. The Labute approximate surface area is 109 Å². The first-order chi connectivity index (χ1) is 8.73. The number of benzene rings is 1. The van der Waals surface area contributed by atoms with Crippen LogP contribution in [0, 0.1) is 0 Å². The zero-order valence-electron chi connectivity index (χ0n) is 10.4. The molecule has 1 unspecified atom stereocenters. The van der Waals surface area contributed by atoms with Crippen LogP contribution in [0.2, 0.25) is 0 Å². The number of rotatable bonds is 4. The third-order valence-electron chi connectivity index (χ3n) is 2.07. The van der Waals surface area contributed by atoms with Crippen molar-refractivity contribution in [2.24, 2.45) is 5.73 Å². The first kappa shape index (κ1) is 16.9. The molecule has 1 aromatic rings.